The molecule has 0 spiro atoms. The lowest BCUT2D eigenvalue weighted by Crippen LogP contribution is -2.27. The Morgan fingerprint density at radius 2 is 1.58 bits per heavy atom. The van der Waals surface area contributed by atoms with Gasteiger partial charge in [0.05, 0.1) is 11.4 Å². The van der Waals surface area contributed by atoms with E-state index >= 15 is 0 Å². The number of ether oxygens (including phenoxy) is 1. The first kappa shape index (κ1) is 17.6. The minimum atomic E-state index is -0.540. The van der Waals surface area contributed by atoms with Crippen LogP contribution in [0.3, 0.4) is 0 Å². The van der Waals surface area contributed by atoms with E-state index in [9.17, 15) is 4.79 Å². The first-order valence-electron chi connectivity index (χ1n) is 8.39. The molecule has 0 bridgehead atoms. The number of carbonyl (C=O) groups excluding carboxylic acids is 1. The van der Waals surface area contributed by atoms with E-state index < -0.39 is 11.7 Å². The second kappa shape index (κ2) is 7.35. The molecule has 2 heterocycles. The van der Waals surface area contributed by atoms with Crippen LogP contribution in [0.4, 0.5) is 10.5 Å². The molecule has 1 aromatic carbocycles. The highest BCUT2D eigenvalue weighted by molar-refractivity contribution is 5.86. The predicted molar refractivity (Wildman–Crippen MR) is 103 cm³/mol. The standard InChI is InChI=1S/C21H21N3O2/c1-21(2,3)26-20(25)23-17-7-4-6-16(14-17)19-9-5-8-18(24-19)15-10-12-22-13-11-15/h4-14H,1-3H3,(H,23,25). The van der Waals surface area contributed by atoms with Gasteiger partial charge in [0, 0.05) is 29.2 Å². The number of hydrogen-bond donors (Lipinski definition) is 1. The number of carbonyl (C=O) groups is 1. The quantitative estimate of drug-likeness (QED) is 0.711. The Kier molecular flexibility index (Phi) is 4.98. The first-order chi connectivity index (χ1) is 12.4. The van der Waals surface area contributed by atoms with Gasteiger partial charge >= 0.3 is 6.09 Å². The van der Waals surface area contributed by atoms with Crippen molar-refractivity contribution in [2.45, 2.75) is 26.4 Å². The molecule has 0 unspecified atom stereocenters. The Morgan fingerprint density at radius 3 is 2.27 bits per heavy atom. The number of pyridine rings is 2. The predicted octanol–water partition coefficient (Wildman–Crippen LogP) is 5.16. The van der Waals surface area contributed by atoms with Crippen LogP contribution in [0.2, 0.25) is 0 Å². The third kappa shape index (κ3) is 4.66. The molecule has 1 amide bonds. The highest BCUT2D eigenvalue weighted by atomic mass is 16.6. The largest absolute Gasteiger partial charge is 0.444 e. The minimum absolute atomic E-state index is 0.479. The number of aromatic nitrogens is 2. The molecule has 3 aromatic rings. The van der Waals surface area contributed by atoms with Gasteiger partial charge in [-0.3, -0.25) is 10.3 Å². The third-order valence-electron chi connectivity index (χ3n) is 3.53. The number of rotatable bonds is 3. The van der Waals surface area contributed by atoms with E-state index in [0.717, 1.165) is 22.5 Å². The van der Waals surface area contributed by atoms with Crippen LogP contribution in [0, 0.1) is 0 Å². The zero-order valence-corrected chi connectivity index (χ0v) is 15.1. The van der Waals surface area contributed by atoms with Crippen LogP contribution in [0.5, 0.6) is 0 Å². The van der Waals surface area contributed by atoms with Crippen molar-refractivity contribution in [3.8, 4) is 22.5 Å². The van der Waals surface area contributed by atoms with Crippen LogP contribution in [0.15, 0.2) is 67.0 Å². The fraction of sp³-hybridized carbons (Fsp3) is 0.190. The molecule has 132 valence electrons. The fourth-order valence-corrected chi connectivity index (χ4v) is 2.46. The minimum Gasteiger partial charge on any atom is -0.444 e. The van der Waals surface area contributed by atoms with Crippen molar-refractivity contribution in [2.24, 2.45) is 0 Å². The van der Waals surface area contributed by atoms with Gasteiger partial charge in [0.2, 0.25) is 0 Å². The zero-order chi connectivity index (χ0) is 18.6. The zero-order valence-electron chi connectivity index (χ0n) is 15.1. The van der Waals surface area contributed by atoms with E-state index in [0.29, 0.717) is 5.69 Å². The van der Waals surface area contributed by atoms with E-state index in [-0.39, 0.29) is 0 Å². The van der Waals surface area contributed by atoms with Gasteiger partial charge in [-0.25, -0.2) is 9.78 Å². The van der Waals surface area contributed by atoms with Crippen LogP contribution < -0.4 is 5.32 Å². The molecular weight excluding hydrogens is 326 g/mol. The molecule has 5 heteroatoms. The summed E-state index contributed by atoms with van der Waals surface area (Å²) in [5, 5.41) is 2.76. The number of amides is 1. The molecule has 5 nitrogen and oxygen atoms in total. The van der Waals surface area contributed by atoms with Crippen LogP contribution in [-0.2, 0) is 4.74 Å². The van der Waals surface area contributed by atoms with Crippen molar-refractivity contribution in [1.29, 1.82) is 0 Å². The van der Waals surface area contributed by atoms with E-state index in [4.69, 9.17) is 9.72 Å². The maximum absolute atomic E-state index is 12.0. The molecule has 1 N–H and O–H groups in total. The third-order valence-corrected chi connectivity index (χ3v) is 3.53. The summed E-state index contributed by atoms with van der Waals surface area (Å²) in [6, 6.07) is 17.2. The number of nitrogens with zero attached hydrogens (tertiary/aromatic N) is 2. The normalized spacial score (nSPS) is 11.0. The summed E-state index contributed by atoms with van der Waals surface area (Å²) in [4.78, 5) is 20.7. The van der Waals surface area contributed by atoms with Gasteiger partial charge in [-0.05, 0) is 57.2 Å². The summed E-state index contributed by atoms with van der Waals surface area (Å²) in [5.74, 6) is 0. The average Bonchev–Trinajstić information content (AvgIpc) is 2.61. The highest BCUT2D eigenvalue weighted by Gasteiger charge is 2.16. The molecule has 0 saturated carbocycles. The monoisotopic (exact) mass is 347 g/mol. The summed E-state index contributed by atoms with van der Waals surface area (Å²) in [6.45, 7) is 5.49. The average molecular weight is 347 g/mol. The van der Waals surface area contributed by atoms with E-state index in [1.807, 2.05) is 75.4 Å². The SMILES string of the molecule is CC(C)(C)OC(=O)Nc1cccc(-c2cccc(-c3ccncc3)n2)c1. The molecular formula is C21H21N3O2. The summed E-state index contributed by atoms with van der Waals surface area (Å²) < 4.78 is 5.29. The number of hydrogen-bond acceptors (Lipinski definition) is 4. The summed E-state index contributed by atoms with van der Waals surface area (Å²) in [6.07, 6.45) is 3.01. The summed E-state index contributed by atoms with van der Waals surface area (Å²) in [5.41, 5.74) is 3.73. The van der Waals surface area contributed by atoms with Crippen molar-refractivity contribution >= 4 is 11.8 Å². The highest BCUT2D eigenvalue weighted by Crippen LogP contribution is 2.24. The Morgan fingerprint density at radius 1 is 0.923 bits per heavy atom. The second-order valence-corrected chi connectivity index (χ2v) is 6.85. The Bertz CT molecular complexity index is 902. The number of nitrogens with one attached hydrogen (secondary N) is 1. The number of anilines is 1. The van der Waals surface area contributed by atoms with E-state index in [1.54, 1.807) is 12.4 Å². The second-order valence-electron chi connectivity index (χ2n) is 6.85. The lowest BCUT2D eigenvalue weighted by Gasteiger charge is -2.19. The van der Waals surface area contributed by atoms with Crippen molar-refractivity contribution in [1.82, 2.24) is 9.97 Å². The lowest BCUT2D eigenvalue weighted by molar-refractivity contribution is 0.0636. The molecule has 2 aromatic heterocycles. The van der Waals surface area contributed by atoms with Gasteiger partial charge in [0.25, 0.3) is 0 Å². The van der Waals surface area contributed by atoms with Crippen molar-refractivity contribution in [2.75, 3.05) is 5.32 Å². The fourth-order valence-electron chi connectivity index (χ4n) is 2.46. The molecule has 0 fully saturated rings. The van der Waals surface area contributed by atoms with Crippen LogP contribution in [0.1, 0.15) is 20.8 Å². The van der Waals surface area contributed by atoms with Gasteiger partial charge in [0.15, 0.2) is 0 Å². The topological polar surface area (TPSA) is 64.1 Å². The molecule has 0 saturated heterocycles. The molecule has 0 aliphatic rings. The Balaban J connectivity index is 1.83. The molecule has 0 aliphatic carbocycles. The van der Waals surface area contributed by atoms with Crippen LogP contribution in [0.25, 0.3) is 22.5 Å². The van der Waals surface area contributed by atoms with Gasteiger partial charge in [-0.15, -0.1) is 0 Å². The van der Waals surface area contributed by atoms with Crippen LogP contribution >= 0.6 is 0 Å². The van der Waals surface area contributed by atoms with Gasteiger partial charge < -0.3 is 4.74 Å². The van der Waals surface area contributed by atoms with E-state index in [2.05, 4.69) is 10.3 Å². The van der Waals surface area contributed by atoms with Gasteiger partial charge in [0.1, 0.15) is 5.60 Å². The van der Waals surface area contributed by atoms with Crippen molar-refractivity contribution < 1.29 is 9.53 Å². The molecule has 0 aliphatic heterocycles. The Labute approximate surface area is 153 Å². The van der Waals surface area contributed by atoms with Gasteiger partial charge in [-0.2, -0.15) is 0 Å². The first-order valence-corrected chi connectivity index (χ1v) is 8.39. The molecule has 3 rings (SSSR count). The van der Waals surface area contributed by atoms with E-state index in [1.165, 1.54) is 0 Å². The lowest BCUT2D eigenvalue weighted by atomic mass is 10.1. The summed E-state index contributed by atoms with van der Waals surface area (Å²) >= 11 is 0. The Hall–Kier alpha value is -3.21. The number of benzene rings is 1. The maximum Gasteiger partial charge on any atom is 0.412 e. The van der Waals surface area contributed by atoms with Crippen molar-refractivity contribution in [3.63, 3.8) is 0 Å². The summed E-state index contributed by atoms with van der Waals surface area (Å²) in [7, 11) is 0. The molecule has 26 heavy (non-hydrogen) atoms. The smallest absolute Gasteiger partial charge is 0.412 e. The molecule has 0 atom stereocenters. The van der Waals surface area contributed by atoms with Crippen molar-refractivity contribution in [3.05, 3.63) is 67.0 Å². The maximum atomic E-state index is 12.0. The van der Waals surface area contributed by atoms with Gasteiger partial charge in [-0.1, -0.05) is 18.2 Å². The van der Waals surface area contributed by atoms with Crippen LogP contribution in [-0.4, -0.2) is 21.7 Å². The molecule has 0 radical (unpaired) electrons.